The molecule has 0 N–H and O–H groups in total. The van der Waals surface area contributed by atoms with E-state index in [1.54, 1.807) is 0 Å². The van der Waals surface area contributed by atoms with Crippen molar-refractivity contribution >= 4 is 5.91 Å². The van der Waals surface area contributed by atoms with Crippen molar-refractivity contribution in [3.8, 4) is 0 Å². The number of hydrogen-bond acceptors (Lipinski definition) is 2. The smallest absolute Gasteiger partial charge is 0.253 e. The Balaban J connectivity index is 1.67. The van der Waals surface area contributed by atoms with Crippen LogP contribution in [0.25, 0.3) is 0 Å². The van der Waals surface area contributed by atoms with Gasteiger partial charge in [0.1, 0.15) is 5.82 Å². The molecule has 1 aliphatic rings. The molecular formula is C18H23N3O. The Labute approximate surface area is 131 Å². The van der Waals surface area contributed by atoms with Crippen LogP contribution in [0.15, 0.2) is 30.6 Å². The molecule has 0 radical (unpaired) electrons. The standard InChI is InChI=1S/C18H23N3O/c1-13-4-5-16(14(2)10-13)18(22)20(3)12-15-6-8-21-9-7-19-17(21)11-15/h4-5,7,9-10,15H,6,8,11-12H2,1-3H3/t15-/m1/s1. The van der Waals surface area contributed by atoms with Gasteiger partial charge in [0.25, 0.3) is 5.91 Å². The largest absolute Gasteiger partial charge is 0.341 e. The van der Waals surface area contributed by atoms with Crippen molar-refractivity contribution < 1.29 is 4.79 Å². The van der Waals surface area contributed by atoms with Crippen molar-refractivity contribution in [2.75, 3.05) is 13.6 Å². The van der Waals surface area contributed by atoms with Crippen molar-refractivity contribution in [2.45, 2.75) is 33.2 Å². The van der Waals surface area contributed by atoms with Crippen LogP contribution in [-0.4, -0.2) is 34.0 Å². The molecule has 0 fully saturated rings. The summed E-state index contributed by atoms with van der Waals surface area (Å²) in [4.78, 5) is 18.9. The van der Waals surface area contributed by atoms with E-state index >= 15 is 0 Å². The molecule has 1 aromatic carbocycles. The monoisotopic (exact) mass is 297 g/mol. The summed E-state index contributed by atoms with van der Waals surface area (Å²) in [6.07, 6.45) is 5.96. The lowest BCUT2D eigenvalue weighted by atomic mass is 9.96. The molecule has 4 heteroatoms. The van der Waals surface area contributed by atoms with Gasteiger partial charge in [-0.1, -0.05) is 17.7 Å². The fraction of sp³-hybridized carbons (Fsp3) is 0.444. The molecule has 3 rings (SSSR count). The highest BCUT2D eigenvalue weighted by molar-refractivity contribution is 5.95. The fourth-order valence-electron chi connectivity index (χ4n) is 3.30. The van der Waals surface area contributed by atoms with E-state index in [0.29, 0.717) is 5.92 Å². The van der Waals surface area contributed by atoms with Crippen molar-refractivity contribution in [1.82, 2.24) is 14.5 Å². The Hall–Kier alpha value is -2.10. The summed E-state index contributed by atoms with van der Waals surface area (Å²) < 4.78 is 2.21. The predicted molar refractivity (Wildman–Crippen MR) is 86.9 cm³/mol. The van der Waals surface area contributed by atoms with Crippen LogP contribution < -0.4 is 0 Å². The topological polar surface area (TPSA) is 38.1 Å². The molecule has 22 heavy (non-hydrogen) atoms. The van der Waals surface area contributed by atoms with E-state index in [0.717, 1.165) is 42.9 Å². The lowest BCUT2D eigenvalue weighted by Gasteiger charge is -2.28. The first-order valence-electron chi connectivity index (χ1n) is 7.87. The number of imidazole rings is 1. The summed E-state index contributed by atoms with van der Waals surface area (Å²) in [7, 11) is 1.91. The van der Waals surface area contributed by atoms with Crippen LogP contribution >= 0.6 is 0 Å². The minimum Gasteiger partial charge on any atom is -0.341 e. The zero-order valence-corrected chi connectivity index (χ0v) is 13.5. The molecule has 0 saturated carbocycles. The van der Waals surface area contributed by atoms with Gasteiger partial charge in [-0.15, -0.1) is 0 Å². The molecule has 2 aromatic rings. The number of aromatic nitrogens is 2. The van der Waals surface area contributed by atoms with E-state index < -0.39 is 0 Å². The summed E-state index contributed by atoms with van der Waals surface area (Å²) in [6, 6.07) is 6.01. The van der Waals surface area contributed by atoms with Gasteiger partial charge in [0.05, 0.1) is 0 Å². The van der Waals surface area contributed by atoms with Crippen molar-refractivity contribution in [2.24, 2.45) is 5.92 Å². The molecule has 0 spiro atoms. The maximum atomic E-state index is 12.7. The number of benzene rings is 1. The van der Waals surface area contributed by atoms with Gasteiger partial charge in [0.15, 0.2) is 0 Å². The fourth-order valence-corrected chi connectivity index (χ4v) is 3.30. The van der Waals surface area contributed by atoms with Crippen LogP contribution in [0, 0.1) is 19.8 Å². The van der Waals surface area contributed by atoms with Crippen molar-refractivity contribution in [3.63, 3.8) is 0 Å². The van der Waals surface area contributed by atoms with Gasteiger partial charge in [-0.3, -0.25) is 4.79 Å². The number of amides is 1. The molecule has 0 bridgehead atoms. The second kappa shape index (κ2) is 5.95. The summed E-state index contributed by atoms with van der Waals surface area (Å²) in [6.45, 7) is 5.85. The van der Waals surface area contributed by atoms with Crippen LogP contribution in [0.4, 0.5) is 0 Å². The van der Waals surface area contributed by atoms with Crippen LogP contribution in [0.1, 0.15) is 33.7 Å². The molecule has 1 amide bonds. The Bertz CT molecular complexity index is 689. The second-order valence-corrected chi connectivity index (χ2v) is 6.40. The van der Waals surface area contributed by atoms with E-state index in [1.807, 2.05) is 43.4 Å². The summed E-state index contributed by atoms with van der Waals surface area (Å²) in [5.41, 5.74) is 3.05. The zero-order chi connectivity index (χ0) is 15.7. The SMILES string of the molecule is Cc1ccc(C(=O)N(C)C[C@@H]2CCn3ccnc3C2)c(C)c1. The van der Waals surface area contributed by atoms with E-state index in [-0.39, 0.29) is 5.91 Å². The van der Waals surface area contributed by atoms with Crippen LogP contribution in [0.2, 0.25) is 0 Å². The highest BCUT2D eigenvalue weighted by Crippen LogP contribution is 2.21. The van der Waals surface area contributed by atoms with Gasteiger partial charge < -0.3 is 9.47 Å². The van der Waals surface area contributed by atoms with E-state index in [2.05, 4.69) is 22.5 Å². The van der Waals surface area contributed by atoms with Crippen molar-refractivity contribution in [1.29, 1.82) is 0 Å². The van der Waals surface area contributed by atoms with Gasteiger partial charge in [-0.25, -0.2) is 4.98 Å². The summed E-state index contributed by atoms with van der Waals surface area (Å²) in [5.74, 6) is 1.75. The number of carbonyl (C=O) groups excluding carboxylic acids is 1. The third-order valence-electron chi connectivity index (χ3n) is 4.54. The highest BCUT2D eigenvalue weighted by Gasteiger charge is 2.23. The lowest BCUT2D eigenvalue weighted by Crippen LogP contribution is -2.35. The molecule has 2 heterocycles. The first-order valence-corrected chi connectivity index (χ1v) is 7.87. The number of carbonyl (C=O) groups is 1. The van der Waals surface area contributed by atoms with Gasteiger partial charge in [-0.2, -0.15) is 0 Å². The predicted octanol–water partition coefficient (Wildman–Crippen LogP) is 2.83. The maximum Gasteiger partial charge on any atom is 0.253 e. The summed E-state index contributed by atoms with van der Waals surface area (Å²) in [5, 5.41) is 0. The van der Waals surface area contributed by atoms with Crippen LogP contribution in [-0.2, 0) is 13.0 Å². The Morgan fingerprint density at radius 2 is 2.23 bits per heavy atom. The molecule has 4 nitrogen and oxygen atoms in total. The number of fused-ring (bicyclic) bond motifs is 1. The molecule has 116 valence electrons. The maximum absolute atomic E-state index is 12.7. The average molecular weight is 297 g/mol. The number of rotatable bonds is 3. The molecular weight excluding hydrogens is 274 g/mol. The van der Waals surface area contributed by atoms with E-state index in [4.69, 9.17) is 0 Å². The van der Waals surface area contributed by atoms with Gasteiger partial charge >= 0.3 is 0 Å². The Morgan fingerprint density at radius 1 is 1.41 bits per heavy atom. The number of hydrogen-bond donors (Lipinski definition) is 0. The Morgan fingerprint density at radius 3 is 3.00 bits per heavy atom. The molecule has 1 aromatic heterocycles. The molecule has 1 aliphatic heterocycles. The minimum absolute atomic E-state index is 0.117. The lowest BCUT2D eigenvalue weighted by molar-refractivity contribution is 0.0763. The first-order chi connectivity index (χ1) is 10.5. The van der Waals surface area contributed by atoms with E-state index in [1.165, 1.54) is 5.56 Å². The normalized spacial score (nSPS) is 17.1. The third kappa shape index (κ3) is 2.91. The van der Waals surface area contributed by atoms with E-state index in [9.17, 15) is 4.79 Å². The number of nitrogens with zero attached hydrogens (tertiary/aromatic N) is 3. The van der Waals surface area contributed by atoms with Crippen LogP contribution in [0.5, 0.6) is 0 Å². The number of aryl methyl sites for hydroxylation is 3. The highest BCUT2D eigenvalue weighted by atomic mass is 16.2. The first kappa shape index (κ1) is 14.8. The van der Waals surface area contributed by atoms with Gasteiger partial charge in [0, 0.05) is 44.5 Å². The molecule has 0 unspecified atom stereocenters. The average Bonchev–Trinajstić information content (AvgIpc) is 2.94. The molecule has 1 atom stereocenters. The Kier molecular flexibility index (Phi) is 4.01. The quantitative estimate of drug-likeness (QED) is 0.873. The third-order valence-corrected chi connectivity index (χ3v) is 4.54. The molecule has 0 saturated heterocycles. The summed E-state index contributed by atoms with van der Waals surface area (Å²) >= 11 is 0. The van der Waals surface area contributed by atoms with Crippen LogP contribution in [0.3, 0.4) is 0 Å². The van der Waals surface area contributed by atoms with Crippen molar-refractivity contribution in [3.05, 3.63) is 53.1 Å². The minimum atomic E-state index is 0.117. The van der Waals surface area contributed by atoms with Gasteiger partial charge in [0.2, 0.25) is 0 Å². The molecule has 0 aliphatic carbocycles. The van der Waals surface area contributed by atoms with Gasteiger partial charge in [-0.05, 0) is 37.8 Å². The second-order valence-electron chi connectivity index (χ2n) is 6.40. The zero-order valence-electron chi connectivity index (χ0n) is 13.5.